The molecule has 0 radical (unpaired) electrons. The maximum atomic E-state index is 13.9. The average Bonchev–Trinajstić information content (AvgIpc) is 3.05. The van der Waals surface area contributed by atoms with Gasteiger partial charge in [0, 0.05) is 56.7 Å². The van der Waals surface area contributed by atoms with Crippen molar-refractivity contribution < 1.29 is 31.1 Å². The van der Waals surface area contributed by atoms with Crippen molar-refractivity contribution in [3.63, 3.8) is 0 Å². The molecule has 3 heterocycles. The molecule has 1 unspecified atom stereocenters. The number of anilines is 1. The minimum Gasteiger partial charge on any atom is -0.508 e. The molecule has 1 amide bonds. The van der Waals surface area contributed by atoms with Crippen molar-refractivity contribution in [1.29, 1.82) is 0 Å². The van der Waals surface area contributed by atoms with Crippen LogP contribution in [0.3, 0.4) is 0 Å². The smallest absolute Gasteiger partial charge is 0.240 e. The quantitative estimate of drug-likeness (QED) is 0.247. The highest BCUT2D eigenvalue weighted by Crippen LogP contribution is 2.25. The van der Waals surface area contributed by atoms with Crippen molar-refractivity contribution in [3.8, 4) is 5.75 Å². The Hall–Kier alpha value is -4.40. The Balaban J connectivity index is 1.39. The van der Waals surface area contributed by atoms with Crippen LogP contribution in [-0.2, 0) is 36.6 Å². The number of pyridine rings is 2. The van der Waals surface area contributed by atoms with Gasteiger partial charge in [0.25, 0.3) is 0 Å². The van der Waals surface area contributed by atoms with Gasteiger partial charge < -0.3 is 14.9 Å². The number of phenols is 1. The normalized spacial score (nSPS) is 14.7. The zero-order chi connectivity index (χ0) is 32.0. The molecular weight excluding hydrogens is 622 g/mol. The zero-order valence-corrected chi connectivity index (χ0v) is 25.8. The molecule has 0 saturated carbocycles. The second kappa shape index (κ2) is 13.7. The van der Waals surface area contributed by atoms with E-state index in [1.165, 1.54) is 79.4 Å². The number of rotatable bonds is 11. The van der Waals surface area contributed by atoms with E-state index in [4.69, 9.17) is 0 Å². The summed E-state index contributed by atoms with van der Waals surface area (Å²) in [6.45, 7) is 1.63. The Labute approximate surface area is 261 Å². The Morgan fingerprint density at radius 1 is 0.844 bits per heavy atom. The van der Waals surface area contributed by atoms with Crippen LogP contribution in [0.25, 0.3) is 0 Å². The van der Waals surface area contributed by atoms with Crippen molar-refractivity contribution in [2.24, 2.45) is 0 Å². The summed E-state index contributed by atoms with van der Waals surface area (Å²) in [6.07, 6.45) is 5.33. The van der Waals surface area contributed by atoms with Crippen LogP contribution < -0.4 is 10.2 Å². The Morgan fingerprint density at radius 3 is 2.07 bits per heavy atom. The molecule has 11 nitrogen and oxygen atoms in total. The van der Waals surface area contributed by atoms with Gasteiger partial charge in [-0.3, -0.25) is 20.1 Å². The SMILES string of the molecule is O=C(C(Cc1ccc(O)cc1CS(=O)(=O)c1cccnc1)NCS(=O)(=O)c1cccnc1)N1CCN(c2ccc(F)cc2)CC1. The number of amides is 1. The second-order valence-electron chi connectivity index (χ2n) is 10.6. The van der Waals surface area contributed by atoms with Gasteiger partial charge in [-0.05, 0) is 78.2 Å². The fourth-order valence-corrected chi connectivity index (χ4v) is 7.56. The van der Waals surface area contributed by atoms with Gasteiger partial charge in [-0.15, -0.1) is 0 Å². The molecule has 1 saturated heterocycles. The third-order valence-corrected chi connectivity index (χ3v) is 10.7. The van der Waals surface area contributed by atoms with Crippen LogP contribution in [0.15, 0.2) is 101 Å². The van der Waals surface area contributed by atoms with Crippen molar-refractivity contribution in [1.82, 2.24) is 20.2 Å². The van der Waals surface area contributed by atoms with E-state index < -0.39 is 37.3 Å². The number of nitrogens with zero attached hydrogens (tertiary/aromatic N) is 4. The minimum absolute atomic E-state index is 0.00614. The molecule has 236 valence electrons. The topological polar surface area (TPSA) is 150 Å². The predicted octanol–water partition coefficient (Wildman–Crippen LogP) is 2.58. The first-order valence-corrected chi connectivity index (χ1v) is 17.4. The van der Waals surface area contributed by atoms with Crippen LogP contribution in [0.1, 0.15) is 11.1 Å². The van der Waals surface area contributed by atoms with Crippen LogP contribution in [0.5, 0.6) is 5.75 Å². The lowest BCUT2D eigenvalue weighted by Crippen LogP contribution is -2.55. The van der Waals surface area contributed by atoms with Gasteiger partial charge in [0.2, 0.25) is 5.91 Å². The highest BCUT2D eigenvalue weighted by atomic mass is 32.2. The molecule has 1 atom stereocenters. The van der Waals surface area contributed by atoms with E-state index in [1.807, 2.05) is 4.90 Å². The molecule has 2 aromatic heterocycles. The van der Waals surface area contributed by atoms with E-state index in [1.54, 1.807) is 17.0 Å². The van der Waals surface area contributed by atoms with E-state index in [-0.39, 0.29) is 39.2 Å². The van der Waals surface area contributed by atoms with Crippen molar-refractivity contribution in [3.05, 3.63) is 108 Å². The highest BCUT2D eigenvalue weighted by Gasteiger charge is 2.30. The highest BCUT2D eigenvalue weighted by molar-refractivity contribution is 7.91. The number of sulfone groups is 2. The fraction of sp³-hybridized carbons (Fsp3) is 0.258. The first-order valence-electron chi connectivity index (χ1n) is 14.1. The van der Waals surface area contributed by atoms with Gasteiger partial charge in [0.05, 0.1) is 21.6 Å². The molecule has 0 spiro atoms. The van der Waals surface area contributed by atoms with Crippen molar-refractivity contribution in [2.45, 2.75) is 28.0 Å². The summed E-state index contributed by atoms with van der Waals surface area (Å²) in [5, 5.41) is 13.1. The maximum absolute atomic E-state index is 13.9. The summed E-state index contributed by atoms with van der Waals surface area (Å²) in [5.41, 5.74) is 1.55. The van der Waals surface area contributed by atoms with E-state index in [9.17, 15) is 31.1 Å². The molecule has 1 aliphatic heterocycles. The summed E-state index contributed by atoms with van der Waals surface area (Å²) in [4.78, 5) is 25.4. The Morgan fingerprint density at radius 2 is 1.47 bits per heavy atom. The van der Waals surface area contributed by atoms with Gasteiger partial charge in [0.15, 0.2) is 19.7 Å². The van der Waals surface area contributed by atoms with Gasteiger partial charge in [-0.2, -0.15) is 0 Å². The lowest BCUT2D eigenvalue weighted by molar-refractivity contribution is -0.133. The van der Waals surface area contributed by atoms with Gasteiger partial charge >= 0.3 is 0 Å². The van der Waals surface area contributed by atoms with Crippen LogP contribution in [0.4, 0.5) is 10.1 Å². The first kappa shape index (κ1) is 32.0. The summed E-state index contributed by atoms with van der Waals surface area (Å²) in [7, 11) is -7.72. The van der Waals surface area contributed by atoms with Crippen LogP contribution in [-0.4, -0.2) is 80.8 Å². The van der Waals surface area contributed by atoms with E-state index >= 15 is 0 Å². The number of aromatic hydroxyl groups is 1. The standard InChI is InChI=1S/C31H32FN5O6S2/c32-25-6-8-26(9-7-25)36-13-15-37(16-14-36)31(39)30(35-22-45(42,43)29-4-2-12-34-20-29)18-23-5-10-27(38)17-24(23)21-44(40,41)28-3-1-11-33-19-28/h1-12,17,19-20,30,35,38H,13-16,18,21-22H2. The molecule has 0 aliphatic carbocycles. The molecular formula is C31H32FN5O6S2. The number of benzene rings is 2. The zero-order valence-electron chi connectivity index (χ0n) is 24.2. The largest absolute Gasteiger partial charge is 0.508 e. The van der Waals surface area contributed by atoms with Gasteiger partial charge in [-0.25, -0.2) is 21.2 Å². The van der Waals surface area contributed by atoms with E-state index in [0.717, 1.165) is 5.69 Å². The van der Waals surface area contributed by atoms with Gasteiger partial charge in [-0.1, -0.05) is 6.07 Å². The second-order valence-corrected chi connectivity index (χ2v) is 14.6. The maximum Gasteiger partial charge on any atom is 0.240 e. The monoisotopic (exact) mass is 653 g/mol. The number of piperazine rings is 1. The van der Waals surface area contributed by atoms with Crippen molar-refractivity contribution in [2.75, 3.05) is 37.0 Å². The summed E-state index contributed by atoms with van der Waals surface area (Å²) in [5.74, 6) is -1.88. The predicted molar refractivity (Wildman–Crippen MR) is 165 cm³/mol. The van der Waals surface area contributed by atoms with Crippen LogP contribution in [0.2, 0.25) is 0 Å². The number of nitrogens with one attached hydrogen (secondary N) is 1. The number of carbonyl (C=O) groups is 1. The van der Waals surface area contributed by atoms with Crippen LogP contribution >= 0.6 is 0 Å². The molecule has 2 N–H and O–H groups in total. The van der Waals surface area contributed by atoms with Gasteiger partial charge in [0.1, 0.15) is 17.4 Å². The number of phenolic OH excluding ortho intramolecular Hbond substituents is 1. The number of carbonyl (C=O) groups excluding carboxylic acids is 1. The summed E-state index contributed by atoms with van der Waals surface area (Å²) >= 11 is 0. The minimum atomic E-state index is -3.87. The van der Waals surface area contributed by atoms with Crippen molar-refractivity contribution >= 4 is 31.3 Å². The molecule has 1 fully saturated rings. The Bertz CT molecular complexity index is 1840. The molecule has 5 rings (SSSR count). The lowest BCUT2D eigenvalue weighted by atomic mass is 9.99. The third kappa shape index (κ3) is 8.01. The average molecular weight is 654 g/mol. The number of hydrogen-bond acceptors (Lipinski definition) is 10. The third-order valence-electron chi connectivity index (χ3n) is 7.55. The first-order chi connectivity index (χ1) is 21.5. The number of aromatic nitrogens is 2. The van der Waals surface area contributed by atoms with E-state index in [0.29, 0.717) is 31.7 Å². The van der Waals surface area contributed by atoms with E-state index in [2.05, 4.69) is 15.3 Å². The Kier molecular flexibility index (Phi) is 9.75. The number of hydrogen-bond donors (Lipinski definition) is 2. The molecule has 45 heavy (non-hydrogen) atoms. The molecule has 1 aliphatic rings. The fourth-order valence-electron chi connectivity index (χ4n) is 5.11. The molecule has 0 bridgehead atoms. The summed E-state index contributed by atoms with van der Waals surface area (Å²) < 4.78 is 66.0. The lowest BCUT2D eigenvalue weighted by Gasteiger charge is -2.38. The summed E-state index contributed by atoms with van der Waals surface area (Å²) in [6, 6.07) is 15.2. The number of halogens is 1. The van der Waals surface area contributed by atoms with Crippen LogP contribution in [0, 0.1) is 5.82 Å². The molecule has 4 aromatic rings. The molecule has 2 aromatic carbocycles. The molecule has 14 heteroatoms.